The highest BCUT2D eigenvalue weighted by atomic mass is 16.5. The molecule has 1 saturated heterocycles. The summed E-state index contributed by atoms with van der Waals surface area (Å²) in [4.78, 5) is 17.4. The van der Waals surface area contributed by atoms with Crippen LogP contribution in [0.25, 0.3) is 0 Å². The number of hydrogen-bond donors (Lipinski definition) is 1. The zero-order chi connectivity index (χ0) is 24.3. The van der Waals surface area contributed by atoms with Crippen molar-refractivity contribution >= 4 is 12.1 Å². The summed E-state index contributed by atoms with van der Waals surface area (Å²) in [5, 5.41) is 4.08. The molecule has 0 bridgehead atoms. The smallest absolute Gasteiger partial charge is 0.271 e. The number of benzene rings is 3. The third-order valence-corrected chi connectivity index (χ3v) is 6.07. The Morgan fingerprint density at radius 3 is 2.06 bits per heavy atom. The molecular weight excluding hydrogens is 436 g/mol. The van der Waals surface area contributed by atoms with Crippen molar-refractivity contribution in [2.45, 2.75) is 26.4 Å². The van der Waals surface area contributed by atoms with Gasteiger partial charge < -0.3 is 4.74 Å². The summed E-state index contributed by atoms with van der Waals surface area (Å²) in [5.41, 5.74) is 6.69. The summed E-state index contributed by atoms with van der Waals surface area (Å²) in [6, 6.07) is 26.1. The molecule has 6 heteroatoms. The Labute approximate surface area is 208 Å². The van der Waals surface area contributed by atoms with Crippen LogP contribution >= 0.6 is 0 Å². The number of amides is 1. The molecule has 4 rings (SSSR count). The van der Waals surface area contributed by atoms with Gasteiger partial charge in [0.05, 0.1) is 12.8 Å². The van der Waals surface area contributed by atoms with Crippen molar-refractivity contribution in [3.63, 3.8) is 0 Å². The summed E-state index contributed by atoms with van der Waals surface area (Å²) < 4.78 is 5.58. The quantitative estimate of drug-likeness (QED) is 0.349. The van der Waals surface area contributed by atoms with Crippen molar-refractivity contribution in [2.75, 3.05) is 32.8 Å². The van der Waals surface area contributed by atoms with Crippen LogP contribution in [0.3, 0.4) is 0 Å². The van der Waals surface area contributed by atoms with Crippen LogP contribution < -0.4 is 10.2 Å². The van der Waals surface area contributed by atoms with Crippen molar-refractivity contribution in [3.05, 3.63) is 101 Å². The van der Waals surface area contributed by atoms with E-state index in [1.807, 2.05) is 48.5 Å². The molecule has 0 saturated carbocycles. The van der Waals surface area contributed by atoms with Crippen molar-refractivity contribution in [1.82, 2.24) is 15.2 Å². The third kappa shape index (κ3) is 7.77. The van der Waals surface area contributed by atoms with Gasteiger partial charge in [-0.2, -0.15) is 5.10 Å². The van der Waals surface area contributed by atoms with Gasteiger partial charge in [0.1, 0.15) is 5.75 Å². The van der Waals surface area contributed by atoms with Crippen molar-refractivity contribution < 1.29 is 9.53 Å². The van der Waals surface area contributed by atoms with E-state index in [4.69, 9.17) is 4.74 Å². The number of carbonyl (C=O) groups is 1. The molecule has 1 N–H and O–H groups in total. The Morgan fingerprint density at radius 2 is 1.46 bits per heavy atom. The summed E-state index contributed by atoms with van der Waals surface area (Å²) in [6.07, 6.45) is 2.61. The standard InChI is InChI=1S/C29H34N4O2/c1-2-20-35-28-14-10-24(11-15-28)21-30-31-29(34)27-12-8-26(9-13-27)23-33-18-16-32(17-19-33)22-25-6-4-3-5-7-25/h3-15,21H,2,16-20,22-23H2,1H3,(H,31,34)/b30-21-. The van der Waals surface area contributed by atoms with E-state index in [2.05, 4.69) is 57.6 Å². The van der Waals surface area contributed by atoms with Gasteiger partial charge in [-0.1, -0.05) is 49.4 Å². The first-order valence-electron chi connectivity index (χ1n) is 12.3. The van der Waals surface area contributed by atoms with Gasteiger partial charge in [0.2, 0.25) is 0 Å². The molecule has 1 aliphatic heterocycles. The molecule has 0 aliphatic carbocycles. The van der Waals surface area contributed by atoms with Crippen LogP contribution in [0.2, 0.25) is 0 Å². The van der Waals surface area contributed by atoms with E-state index >= 15 is 0 Å². The third-order valence-electron chi connectivity index (χ3n) is 6.07. The van der Waals surface area contributed by atoms with E-state index in [0.29, 0.717) is 12.2 Å². The minimum atomic E-state index is -0.217. The molecule has 0 atom stereocenters. The highest BCUT2D eigenvalue weighted by molar-refractivity contribution is 5.94. The van der Waals surface area contributed by atoms with Gasteiger partial charge in [0.15, 0.2) is 0 Å². The minimum absolute atomic E-state index is 0.217. The zero-order valence-corrected chi connectivity index (χ0v) is 20.4. The van der Waals surface area contributed by atoms with E-state index in [-0.39, 0.29) is 5.91 Å². The van der Waals surface area contributed by atoms with Crippen molar-refractivity contribution in [1.29, 1.82) is 0 Å². The Balaban J connectivity index is 1.20. The fraction of sp³-hybridized carbons (Fsp3) is 0.310. The van der Waals surface area contributed by atoms with Gasteiger partial charge in [-0.15, -0.1) is 0 Å². The van der Waals surface area contributed by atoms with Gasteiger partial charge >= 0.3 is 0 Å². The van der Waals surface area contributed by atoms with E-state index in [1.54, 1.807) is 6.21 Å². The maximum absolute atomic E-state index is 12.4. The average molecular weight is 471 g/mol. The zero-order valence-electron chi connectivity index (χ0n) is 20.4. The minimum Gasteiger partial charge on any atom is -0.494 e. The fourth-order valence-electron chi connectivity index (χ4n) is 4.07. The van der Waals surface area contributed by atoms with Crippen LogP contribution in [0, 0.1) is 0 Å². The van der Waals surface area contributed by atoms with Crippen molar-refractivity contribution in [2.24, 2.45) is 5.10 Å². The predicted octanol–water partition coefficient (Wildman–Crippen LogP) is 4.56. The van der Waals surface area contributed by atoms with Gasteiger partial charge in [-0.25, -0.2) is 5.43 Å². The van der Waals surface area contributed by atoms with Crippen LogP contribution in [0.1, 0.15) is 40.4 Å². The topological polar surface area (TPSA) is 57.2 Å². The lowest BCUT2D eigenvalue weighted by Gasteiger charge is -2.34. The highest BCUT2D eigenvalue weighted by Gasteiger charge is 2.17. The number of nitrogens with one attached hydrogen (secondary N) is 1. The van der Waals surface area contributed by atoms with Crippen LogP contribution in [0.4, 0.5) is 0 Å². The van der Waals surface area contributed by atoms with Crippen LogP contribution in [0.15, 0.2) is 84.0 Å². The average Bonchev–Trinajstić information content (AvgIpc) is 2.90. The summed E-state index contributed by atoms with van der Waals surface area (Å²) >= 11 is 0. The molecule has 3 aromatic rings. The number of ether oxygens (including phenoxy) is 1. The van der Waals surface area contributed by atoms with E-state index in [0.717, 1.165) is 57.0 Å². The maximum atomic E-state index is 12.4. The first-order chi connectivity index (χ1) is 17.2. The van der Waals surface area contributed by atoms with E-state index in [9.17, 15) is 4.79 Å². The fourth-order valence-corrected chi connectivity index (χ4v) is 4.07. The Kier molecular flexibility index (Phi) is 9.04. The van der Waals surface area contributed by atoms with Crippen LogP contribution in [-0.4, -0.2) is 54.7 Å². The maximum Gasteiger partial charge on any atom is 0.271 e. The number of hydrogen-bond acceptors (Lipinski definition) is 5. The molecule has 0 unspecified atom stereocenters. The predicted molar refractivity (Wildman–Crippen MR) is 141 cm³/mol. The van der Waals surface area contributed by atoms with Gasteiger partial charge in [0.25, 0.3) is 5.91 Å². The Morgan fingerprint density at radius 1 is 0.857 bits per heavy atom. The number of piperazine rings is 1. The molecule has 35 heavy (non-hydrogen) atoms. The molecular formula is C29H34N4O2. The molecule has 0 radical (unpaired) electrons. The molecule has 6 nitrogen and oxygen atoms in total. The molecule has 1 aliphatic rings. The van der Waals surface area contributed by atoms with E-state index < -0.39 is 0 Å². The normalized spacial score (nSPS) is 14.8. The molecule has 0 aromatic heterocycles. The number of hydrazone groups is 1. The largest absolute Gasteiger partial charge is 0.494 e. The molecule has 0 spiro atoms. The van der Waals surface area contributed by atoms with Gasteiger partial charge in [-0.3, -0.25) is 14.6 Å². The molecule has 1 fully saturated rings. The number of carbonyl (C=O) groups excluding carboxylic acids is 1. The van der Waals surface area contributed by atoms with Crippen LogP contribution in [-0.2, 0) is 13.1 Å². The van der Waals surface area contributed by atoms with Gasteiger partial charge in [-0.05, 0) is 59.5 Å². The lowest BCUT2D eigenvalue weighted by molar-refractivity contribution is 0.0955. The van der Waals surface area contributed by atoms with Gasteiger partial charge in [0, 0.05) is 44.8 Å². The summed E-state index contributed by atoms with van der Waals surface area (Å²) in [5.74, 6) is 0.618. The lowest BCUT2D eigenvalue weighted by atomic mass is 10.1. The second kappa shape index (κ2) is 12.8. The van der Waals surface area contributed by atoms with Crippen LogP contribution in [0.5, 0.6) is 5.75 Å². The van der Waals surface area contributed by atoms with Crippen molar-refractivity contribution in [3.8, 4) is 5.75 Å². The number of nitrogens with zero attached hydrogens (tertiary/aromatic N) is 3. The second-order valence-electron chi connectivity index (χ2n) is 8.85. The molecule has 1 heterocycles. The Hall–Kier alpha value is -3.48. The number of rotatable bonds is 10. The monoisotopic (exact) mass is 470 g/mol. The summed E-state index contributed by atoms with van der Waals surface area (Å²) in [6.45, 7) is 8.94. The SMILES string of the molecule is CCCOc1ccc(/C=N\NC(=O)c2ccc(CN3CCN(Cc4ccccc4)CC3)cc2)cc1. The highest BCUT2D eigenvalue weighted by Crippen LogP contribution is 2.13. The first kappa shape index (κ1) is 24.6. The lowest BCUT2D eigenvalue weighted by Crippen LogP contribution is -2.45. The molecule has 3 aromatic carbocycles. The molecule has 182 valence electrons. The molecule has 1 amide bonds. The second-order valence-corrected chi connectivity index (χ2v) is 8.85. The summed E-state index contributed by atoms with van der Waals surface area (Å²) in [7, 11) is 0. The van der Waals surface area contributed by atoms with E-state index in [1.165, 1.54) is 11.1 Å². The Bertz CT molecular complexity index is 1070. The first-order valence-corrected chi connectivity index (χ1v) is 12.3.